The Labute approximate surface area is 216 Å². The summed E-state index contributed by atoms with van der Waals surface area (Å²) in [5.74, 6) is -3.09. The van der Waals surface area contributed by atoms with E-state index in [4.69, 9.17) is 22.3 Å². The highest BCUT2D eigenvalue weighted by atomic mass is 16.4. The van der Waals surface area contributed by atoms with Gasteiger partial charge in [-0.25, -0.2) is 0 Å². The lowest BCUT2D eigenvalue weighted by Gasteiger charge is -2.25. The maximum Gasteiger partial charge on any atom is 0.325 e. The van der Waals surface area contributed by atoms with Crippen LogP contribution in [0.4, 0.5) is 0 Å². The SMILES string of the molecule is CC(C)CC(NC(=O)C(CCCN=C(N)N)NC(=O)C(N)Cc1ccc(O)cc1)C(=O)NC(C)C(=O)O. The molecule has 0 bridgehead atoms. The van der Waals surface area contributed by atoms with Gasteiger partial charge in [-0.2, -0.15) is 0 Å². The Balaban J connectivity index is 2.98. The van der Waals surface area contributed by atoms with Crippen LogP contribution in [-0.4, -0.2) is 70.6 Å². The Morgan fingerprint density at radius 1 is 0.919 bits per heavy atom. The van der Waals surface area contributed by atoms with Crippen LogP contribution in [0.2, 0.25) is 0 Å². The zero-order valence-corrected chi connectivity index (χ0v) is 21.4. The van der Waals surface area contributed by atoms with Gasteiger partial charge in [-0.05, 0) is 56.2 Å². The molecule has 0 aromatic heterocycles. The van der Waals surface area contributed by atoms with E-state index in [2.05, 4.69) is 20.9 Å². The monoisotopic (exact) mass is 521 g/mol. The molecule has 37 heavy (non-hydrogen) atoms. The van der Waals surface area contributed by atoms with Crippen molar-refractivity contribution in [2.45, 2.75) is 70.6 Å². The Bertz CT molecular complexity index is 947. The third kappa shape index (κ3) is 12.1. The van der Waals surface area contributed by atoms with E-state index in [1.54, 1.807) is 12.1 Å². The summed E-state index contributed by atoms with van der Waals surface area (Å²) in [6, 6.07) is 2.03. The number of rotatable bonds is 15. The summed E-state index contributed by atoms with van der Waals surface area (Å²) in [7, 11) is 0. The topological polar surface area (TPSA) is 235 Å². The normalized spacial score (nSPS) is 14.1. The number of benzene rings is 1. The molecular formula is C24H39N7O6. The van der Waals surface area contributed by atoms with E-state index >= 15 is 0 Å². The van der Waals surface area contributed by atoms with Crippen LogP contribution in [0.5, 0.6) is 5.75 Å². The Morgan fingerprint density at radius 3 is 2.03 bits per heavy atom. The van der Waals surface area contributed by atoms with Crippen LogP contribution in [-0.2, 0) is 25.6 Å². The van der Waals surface area contributed by atoms with Crippen molar-refractivity contribution in [1.29, 1.82) is 0 Å². The van der Waals surface area contributed by atoms with E-state index in [9.17, 15) is 24.3 Å². The molecule has 4 unspecified atom stereocenters. The fourth-order valence-electron chi connectivity index (χ4n) is 3.38. The van der Waals surface area contributed by atoms with Gasteiger partial charge >= 0.3 is 5.97 Å². The molecule has 3 amide bonds. The van der Waals surface area contributed by atoms with E-state index in [0.29, 0.717) is 6.42 Å². The third-order valence-corrected chi connectivity index (χ3v) is 5.38. The van der Waals surface area contributed by atoms with Crippen LogP contribution < -0.4 is 33.2 Å². The van der Waals surface area contributed by atoms with Crippen molar-refractivity contribution in [3.63, 3.8) is 0 Å². The summed E-state index contributed by atoms with van der Waals surface area (Å²) in [5, 5.41) is 26.1. The van der Waals surface area contributed by atoms with Crippen molar-refractivity contribution >= 4 is 29.7 Å². The van der Waals surface area contributed by atoms with Crippen LogP contribution in [0.15, 0.2) is 29.3 Å². The number of nitrogens with zero attached hydrogens (tertiary/aromatic N) is 1. The summed E-state index contributed by atoms with van der Waals surface area (Å²) < 4.78 is 0. The molecule has 1 aromatic rings. The highest BCUT2D eigenvalue weighted by Crippen LogP contribution is 2.12. The smallest absolute Gasteiger partial charge is 0.325 e. The van der Waals surface area contributed by atoms with E-state index in [1.807, 2.05) is 13.8 Å². The quantitative estimate of drug-likeness (QED) is 0.0794. The molecule has 0 aliphatic heterocycles. The summed E-state index contributed by atoms with van der Waals surface area (Å²) in [5.41, 5.74) is 17.4. The van der Waals surface area contributed by atoms with Crippen molar-refractivity contribution in [2.24, 2.45) is 28.1 Å². The first-order chi connectivity index (χ1) is 17.3. The lowest BCUT2D eigenvalue weighted by Crippen LogP contribution is -2.57. The van der Waals surface area contributed by atoms with Crippen molar-refractivity contribution in [1.82, 2.24) is 16.0 Å². The van der Waals surface area contributed by atoms with Gasteiger partial charge in [0.2, 0.25) is 17.7 Å². The van der Waals surface area contributed by atoms with Gasteiger partial charge in [0.05, 0.1) is 6.04 Å². The second-order valence-corrected chi connectivity index (χ2v) is 9.25. The molecule has 0 aliphatic carbocycles. The summed E-state index contributed by atoms with van der Waals surface area (Å²) in [4.78, 5) is 53.7. The zero-order valence-electron chi connectivity index (χ0n) is 21.4. The first-order valence-electron chi connectivity index (χ1n) is 12.0. The average molecular weight is 522 g/mol. The van der Waals surface area contributed by atoms with Crippen molar-refractivity contribution in [3.05, 3.63) is 29.8 Å². The van der Waals surface area contributed by atoms with Gasteiger partial charge in [0.25, 0.3) is 0 Å². The summed E-state index contributed by atoms with van der Waals surface area (Å²) in [6.45, 7) is 5.23. The van der Waals surface area contributed by atoms with Crippen LogP contribution in [0.1, 0.15) is 45.6 Å². The lowest BCUT2D eigenvalue weighted by atomic mass is 10.0. The summed E-state index contributed by atoms with van der Waals surface area (Å²) in [6.07, 6.45) is 0.918. The number of amides is 3. The molecule has 0 radical (unpaired) electrons. The number of carbonyl (C=O) groups excluding carboxylic acids is 3. The minimum Gasteiger partial charge on any atom is -0.508 e. The predicted octanol–water partition coefficient (Wildman–Crippen LogP) is -1.08. The number of hydrogen-bond donors (Lipinski definition) is 8. The molecule has 1 rings (SSSR count). The Morgan fingerprint density at radius 2 is 1.49 bits per heavy atom. The number of hydrogen-bond acceptors (Lipinski definition) is 7. The third-order valence-electron chi connectivity index (χ3n) is 5.38. The average Bonchev–Trinajstić information content (AvgIpc) is 2.81. The van der Waals surface area contributed by atoms with Crippen LogP contribution in [0.25, 0.3) is 0 Å². The van der Waals surface area contributed by atoms with Gasteiger partial charge in [-0.15, -0.1) is 0 Å². The number of nitrogens with one attached hydrogen (secondary N) is 3. The Hall–Kier alpha value is -3.87. The second-order valence-electron chi connectivity index (χ2n) is 9.25. The minimum atomic E-state index is -1.21. The van der Waals surface area contributed by atoms with Gasteiger partial charge in [-0.3, -0.25) is 24.2 Å². The first kappa shape index (κ1) is 31.2. The number of aliphatic imine (C=N–C) groups is 1. The molecule has 0 spiro atoms. The lowest BCUT2D eigenvalue weighted by molar-refractivity contribution is -0.142. The largest absolute Gasteiger partial charge is 0.508 e. The van der Waals surface area contributed by atoms with E-state index in [-0.39, 0.29) is 43.4 Å². The molecule has 0 fully saturated rings. The second kappa shape index (κ2) is 15.3. The minimum absolute atomic E-state index is 0.00447. The number of carboxylic acid groups (broad SMARTS) is 1. The van der Waals surface area contributed by atoms with E-state index in [0.717, 1.165) is 5.56 Å². The number of phenols is 1. The number of aromatic hydroxyl groups is 1. The van der Waals surface area contributed by atoms with Gasteiger partial charge in [0.15, 0.2) is 5.96 Å². The van der Waals surface area contributed by atoms with Crippen molar-refractivity contribution in [2.75, 3.05) is 6.54 Å². The number of aliphatic carboxylic acids is 1. The molecule has 13 nitrogen and oxygen atoms in total. The van der Waals surface area contributed by atoms with Crippen LogP contribution in [0.3, 0.4) is 0 Å². The van der Waals surface area contributed by atoms with Crippen molar-refractivity contribution < 1.29 is 29.4 Å². The maximum atomic E-state index is 13.2. The van der Waals surface area contributed by atoms with Gasteiger partial charge in [0, 0.05) is 6.54 Å². The fraction of sp³-hybridized carbons (Fsp3) is 0.542. The number of carboxylic acids is 1. The maximum absolute atomic E-state index is 13.2. The number of guanidine groups is 1. The molecular weight excluding hydrogens is 482 g/mol. The predicted molar refractivity (Wildman–Crippen MR) is 138 cm³/mol. The molecule has 0 saturated heterocycles. The number of carbonyl (C=O) groups is 4. The summed E-state index contributed by atoms with van der Waals surface area (Å²) >= 11 is 0. The van der Waals surface area contributed by atoms with Crippen molar-refractivity contribution in [3.8, 4) is 5.75 Å². The zero-order chi connectivity index (χ0) is 28.1. The molecule has 1 aromatic carbocycles. The van der Waals surface area contributed by atoms with E-state index in [1.165, 1.54) is 19.1 Å². The number of nitrogens with two attached hydrogens (primary N) is 3. The molecule has 0 heterocycles. The molecule has 206 valence electrons. The molecule has 13 heteroatoms. The molecule has 0 aliphatic rings. The van der Waals surface area contributed by atoms with Gasteiger partial charge in [0.1, 0.15) is 23.9 Å². The first-order valence-corrected chi connectivity index (χ1v) is 12.0. The highest BCUT2D eigenvalue weighted by molar-refractivity contribution is 5.94. The van der Waals surface area contributed by atoms with Gasteiger partial charge in [-0.1, -0.05) is 26.0 Å². The fourth-order valence-corrected chi connectivity index (χ4v) is 3.38. The standard InChI is InChI=1S/C24H39N7O6/c1-13(2)11-19(22(35)29-14(3)23(36)37)31-21(34)18(5-4-10-28-24(26)27)30-20(33)17(25)12-15-6-8-16(32)9-7-15/h6-9,13-14,17-19,32H,4-5,10-12,25H2,1-3H3,(H,29,35)(H,30,33)(H,31,34)(H,36,37)(H4,26,27,28). The highest BCUT2D eigenvalue weighted by Gasteiger charge is 2.29. The molecule has 0 saturated carbocycles. The Kier molecular flexibility index (Phi) is 12.9. The van der Waals surface area contributed by atoms with E-state index < -0.39 is 47.9 Å². The molecule has 4 atom stereocenters. The van der Waals surface area contributed by atoms with Crippen LogP contribution in [0, 0.1) is 5.92 Å². The van der Waals surface area contributed by atoms with Gasteiger partial charge < -0.3 is 43.4 Å². The van der Waals surface area contributed by atoms with Crippen LogP contribution >= 0.6 is 0 Å². The number of phenolic OH excluding ortho intramolecular Hbond substituents is 1. The molecule has 11 N–H and O–H groups in total.